The Morgan fingerprint density at radius 1 is 1.44 bits per heavy atom. The lowest BCUT2D eigenvalue weighted by molar-refractivity contribution is 0.0925. The monoisotopic (exact) mass is 262 g/mol. The number of furan rings is 1. The molecule has 2 aromatic rings. The minimum absolute atomic E-state index is 0.276. The van der Waals surface area contributed by atoms with Crippen LogP contribution >= 0.6 is 11.8 Å². The number of carbonyl (C=O) groups excluding carboxylic acids is 1. The summed E-state index contributed by atoms with van der Waals surface area (Å²) in [6.07, 6.45) is 1.50. The van der Waals surface area contributed by atoms with E-state index in [1.54, 1.807) is 17.8 Å². The van der Waals surface area contributed by atoms with Crippen LogP contribution in [0.2, 0.25) is 0 Å². The van der Waals surface area contributed by atoms with E-state index in [0.29, 0.717) is 5.75 Å². The van der Waals surface area contributed by atoms with Crippen molar-refractivity contribution in [3.8, 4) is 0 Å². The van der Waals surface area contributed by atoms with Gasteiger partial charge in [0.05, 0.1) is 6.26 Å². The van der Waals surface area contributed by atoms with Gasteiger partial charge in [0.15, 0.2) is 5.76 Å². The highest BCUT2D eigenvalue weighted by atomic mass is 32.2. The molecule has 1 aromatic heterocycles. The summed E-state index contributed by atoms with van der Waals surface area (Å²) in [7, 11) is 0. The predicted molar refractivity (Wildman–Crippen MR) is 71.1 cm³/mol. The number of carbonyl (C=O) groups is 1. The first-order valence-electron chi connectivity index (χ1n) is 5.47. The summed E-state index contributed by atoms with van der Waals surface area (Å²) < 4.78 is 5.12. The lowest BCUT2D eigenvalue weighted by Gasteiger charge is -2.03. The Kier molecular flexibility index (Phi) is 4.07. The van der Waals surface area contributed by atoms with E-state index in [1.807, 2.05) is 12.1 Å². The first kappa shape index (κ1) is 12.7. The topological polar surface area (TPSA) is 68.3 Å². The van der Waals surface area contributed by atoms with Crippen molar-refractivity contribution in [1.29, 1.82) is 0 Å². The van der Waals surface area contributed by atoms with E-state index in [2.05, 4.69) is 24.5 Å². The second-order valence-corrected chi connectivity index (χ2v) is 4.90. The molecule has 0 aliphatic heterocycles. The van der Waals surface area contributed by atoms with Crippen LogP contribution in [-0.2, 0) is 5.75 Å². The van der Waals surface area contributed by atoms with Gasteiger partial charge in [-0.15, -0.1) is 11.8 Å². The third-order valence-electron chi connectivity index (χ3n) is 2.47. The molecule has 0 saturated heterocycles. The smallest absolute Gasteiger partial charge is 0.301 e. The Labute approximate surface area is 110 Å². The molecule has 0 aliphatic rings. The Morgan fingerprint density at radius 3 is 3.00 bits per heavy atom. The molecule has 4 nitrogen and oxygen atoms in total. The quantitative estimate of drug-likeness (QED) is 0.384. The molecule has 0 aliphatic carbocycles. The highest BCUT2D eigenvalue weighted by Gasteiger charge is 2.14. The molecular weight excluding hydrogens is 248 g/mol. The van der Waals surface area contributed by atoms with Gasteiger partial charge in [-0.3, -0.25) is 10.2 Å². The summed E-state index contributed by atoms with van der Waals surface area (Å²) >= 11 is 1.65. The van der Waals surface area contributed by atoms with Gasteiger partial charge in [-0.25, -0.2) is 5.84 Å². The number of nitrogens with one attached hydrogen (secondary N) is 1. The fraction of sp³-hybridized carbons (Fsp3) is 0.154. The van der Waals surface area contributed by atoms with Crippen molar-refractivity contribution in [2.45, 2.75) is 17.6 Å². The highest BCUT2D eigenvalue weighted by molar-refractivity contribution is 7.98. The molecular formula is C13H14N2O2S. The van der Waals surface area contributed by atoms with Gasteiger partial charge in [0.2, 0.25) is 0 Å². The van der Waals surface area contributed by atoms with Gasteiger partial charge in [-0.1, -0.05) is 17.7 Å². The number of hydrogen-bond donors (Lipinski definition) is 2. The van der Waals surface area contributed by atoms with Crippen LogP contribution < -0.4 is 11.3 Å². The van der Waals surface area contributed by atoms with E-state index < -0.39 is 5.91 Å². The van der Waals surface area contributed by atoms with Crippen LogP contribution in [0.3, 0.4) is 0 Å². The maximum absolute atomic E-state index is 11.4. The summed E-state index contributed by atoms with van der Waals surface area (Å²) in [5, 5.41) is 0. The number of aryl methyl sites for hydroxylation is 1. The van der Waals surface area contributed by atoms with Crippen molar-refractivity contribution < 1.29 is 9.21 Å². The number of benzene rings is 1. The fourth-order valence-corrected chi connectivity index (χ4v) is 2.57. The van der Waals surface area contributed by atoms with Crippen LogP contribution in [0.1, 0.15) is 21.7 Å². The fourth-order valence-electron chi connectivity index (χ4n) is 1.58. The van der Waals surface area contributed by atoms with Gasteiger partial charge in [-0.05, 0) is 25.1 Å². The molecule has 0 saturated carbocycles. The van der Waals surface area contributed by atoms with Gasteiger partial charge < -0.3 is 4.42 Å². The molecule has 5 heteroatoms. The predicted octanol–water partition coefficient (Wildman–Crippen LogP) is 2.48. The summed E-state index contributed by atoms with van der Waals surface area (Å²) in [4.78, 5) is 12.6. The van der Waals surface area contributed by atoms with Crippen LogP contribution in [0.25, 0.3) is 0 Å². The third-order valence-corrected chi connectivity index (χ3v) is 3.51. The number of hydrazine groups is 1. The zero-order valence-corrected chi connectivity index (χ0v) is 10.8. The van der Waals surface area contributed by atoms with E-state index in [-0.39, 0.29) is 5.76 Å². The van der Waals surface area contributed by atoms with Crippen LogP contribution in [0.4, 0.5) is 0 Å². The molecule has 1 amide bonds. The molecule has 2 rings (SSSR count). The molecule has 18 heavy (non-hydrogen) atoms. The standard InChI is InChI=1S/C13H14N2O2S/c1-9-3-2-4-11(7-9)18-8-10-5-6-17-12(10)13(16)15-14/h2-7H,8,14H2,1H3,(H,15,16). The number of nitrogens with two attached hydrogens (primary N) is 1. The van der Waals surface area contributed by atoms with Gasteiger partial charge in [0.1, 0.15) is 0 Å². The van der Waals surface area contributed by atoms with Crippen molar-refractivity contribution in [3.05, 3.63) is 53.5 Å². The molecule has 3 N–H and O–H groups in total. The summed E-state index contributed by atoms with van der Waals surface area (Å²) in [6, 6.07) is 10.00. The first-order chi connectivity index (χ1) is 8.70. The first-order valence-corrected chi connectivity index (χ1v) is 6.46. The van der Waals surface area contributed by atoms with Gasteiger partial charge in [0.25, 0.3) is 0 Å². The molecule has 1 aromatic carbocycles. The maximum Gasteiger partial charge on any atom is 0.301 e. The van der Waals surface area contributed by atoms with Crippen LogP contribution in [0.5, 0.6) is 0 Å². The van der Waals surface area contributed by atoms with Crippen molar-refractivity contribution in [2.24, 2.45) is 5.84 Å². The maximum atomic E-state index is 11.4. The molecule has 1 heterocycles. The second kappa shape index (κ2) is 5.75. The number of hydrogen-bond acceptors (Lipinski definition) is 4. The van der Waals surface area contributed by atoms with E-state index in [4.69, 9.17) is 10.3 Å². The molecule has 0 radical (unpaired) electrons. The van der Waals surface area contributed by atoms with Crippen molar-refractivity contribution in [1.82, 2.24) is 5.43 Å². The Hall–Kier alpha value is -1.72. The third kappa shape index (κ3) is 2.94. The van der Waals surface area contributed by atoms with Crippen molar-refractivity contribution in [3.63, 3.8) is 0 Å². The summed E-state index contributed by atoms with van der Waals surface area (Å²) in [5.74, 6) is 5.63. The summed E-state index contributed by atoms with van der Waals surface area (Å²) in [5.41, 5.74) is 4.13. The number of rotatable bonds is 4. The summed E-state index contributed by atoms with van der Waals surface area (Å²) in [6.45, 7) is 2.05. The Balaban J connectivity index is 2.07. The minimum Gasteiger partial charge on any atom is -0.459 e. The zero-order chi connectivity index (χ0) is 13.0. The average Bonchev–Trinajstić information content (AvgIpc) is 2.84. The molecule has 0 spiro atoms. The number of thioether (sulfide) groups is 1. The largest absolute Gasteiger partial charge is 0.459 e. The van der Waals surface area contributed by atoms with Crippen molar-refractivity contribution in [2.75, 3.05) is 0 Å². The van der Waals surface area contributed by atoms with Gasteiger partial charge in [0, 0.05) is 16.2 Å². The SMILES string of the molecule is Cc1cccc(SCc2ccoc2C(=O)NN)c1. The van der Waals surface area contributed by atoms with Crippen LogP contribution in [0, 0.1) is 6.92 Å². The lowest BCUT2D eigenvalue weighted by atomic mass is 10.2. The lowest BCUT2D eigenvalue weighted by Crippen LogP contribution is -2.30. The molecule has 94 valence electrons. The zero-order valence-electron chi connectivity index (χ0n) is 9.97. The minimum atomic E-state index is -0.403. The second-order valence-electron chi connectivity index (χ2n) is 3.85. The Morgan fingerprint density at radius 2 is 2.28 bits per heavy atom. The number of nitrogen functional groups attached to an aromatic ring is 1. The molecule has 0 fully saturated rings. The van der Waals surface area contributed by atoms with E-state index in [1.165, 1.54) is 11.8 Å². The Bertz CT molecular complexity index is 551. The van der Waals surface area contributed by atoms with E-state index in [0.717, 1.165) is 10.5 Å². The van der Waals surface area contributed by atoms with Crippen LogP contribution in [0.15, 0.2) is 45.9 Å². The van der Waals surface area contributed by atoms with E-state index in [9.17, 15) is 4.79 Å². The molecule has 0 unspecified atom stereocenters. The number of amides is 1. The van der Waals surface area contributed by atoms with Crippen LogP contribution in [-0.4, -0.2) is 5.91 Å². The van der Waals surface area contributed by atoms with Crippen molar-refractivity contribution >= 4 is 17.7 Å². The highest BCUT2D eigenvalue weighted by Crippen LogP contribution is 2.25. The normalized spacial score (nSPS) is 10.3. The van der Waals surface area contributed by atoms with E-state index >= 15 is 0 Å². The molecule has 0 atom stereocenters. The average molecular weight is 262 g/mol. The van der Waals surface area contributed by atoms with Gasteiger partial charge in [-0.2, -0.15) is 0 Å². The molecule has 0 bridgehead atoms. The van der Waals surface area contributed by atoms with Gasteiger partial charge >= 0.3 is 5.91 Å².